The van der Waals surface area contributed by atoms with Gasteiger partial charge in [-0.25, -0.2) is 0 Å². The summed E-state index contributed by atoms with van der Waals surface area (Å²) in [5, 5.41) is 10.5. The maximum absolute atomic E-state index is 12.5. The molecule has 4 aromatic rings. The molecule has 0 bridgehead atoms. The summed E-state index contributed by atoms with van der Waals surface area (Å²) in [5.74, 6) is 1.07. The van der Waals surface area contributed by atoms with Crippen molar-refractivity contribution in [1.29, 1.82) is 0 Å². The van der Waals surface area contributed by atoms with Crippen LogP contribution < -0.4 is 10.2 Å². The van der Waals surface area contributed by atoms with E-state index in [1.807, 2.05) is 0 Å². The first-order chi connectivity index (χ1) is 11.2. The lowest BCUT2D eigenvalue weighted by atomic mass is 10.1. The fourth-order valence-electron chi connectivity index (χ4n) is 2.63. The molecule has 0 amide bonds. The van der Waals surface area contributed by atoms with E-state index >= 15 is 0 Å². The number of phenolic OH excluding ortho intramolecular Hbond substituents is 1. The average molecular weight is 308 g/mol. The van der Waals surface area contributed by atoms with Gasteiger partial charge in [0.2, 0.25) is 0 Å². The number of ether oxygens (including phenoxy) is 1. The molecule has 2 aromatic carbocycles. The summed E-state index contributed by atoms with van der Waals surface area (Å²) in [6.07, 6.45) is 1.53. The number of hydrogen-bond donors (Lipinski definition) is 1. The molecule has 2 aromatic heterocycles. The number of aromatic hydroxyl groups is 1. The highest BCUT2D eigenvalue weighted by Crippen LogP contribution is 2.34. The molecule has 0 radical (unpaired) electrons. The van der Waals surface area contributed by atoms with Crippen molar-refractivity contribution in [2.24, 2.45) is 0 Å². The van der Waals surface area contributed by atoms with Crippen LogP contribution in [0.15, 0.2) is 62.4 Å². The van der Waals surface area contributed by atoms with Crippen molar-refractivity contribution in [1.82, 2.24) is 0 Å². The molecule has 4 rings (SSSR count). The monoisotopic (exact) mass is 308 g/mol. The lowest BCUT2D eigenvalue weighted by Gasteiger charge is -2.06. The predicted octanol–water partition coefficient (Wildman–Crippen LogP) is 3.92. The van der Waals surface area contributed by atoms with Gasteiger partial charge in [-0.05, 0) is 36.4 Å². The Morgan fingerprint density at radius 2 is 1.78 bits per heavy atom. The fourth-order valence-corrected chi connectivity index (χ4v) is 2.63. The molecule has 0 aliphatic rings. The van der Waals surface area contributed by atoms with Crippen LogP contribution in [0.25, 0.3) is 33.3 Å². The van der Waals surface area contributed by atoms with E-state index in [-0.39, 0.29) is 11.2 Å². The Balaban J connectivity index is 2.07. The lowest BCUT2D eigenvalue weighted by molar-refractivity contribution is 0.410. The first kappa shape index (κ1) is 13.5. The molecule has 0 unspecified atom stereocenters. The van der Waals surface area contributed by atoms with E-state index < -0.39 is 0 Å². The summed E-state index contributed by atoms with van der Waals surface area (Å²) in [7, 11) is 1.52. The van der Waals surface area contributed by atoms with E-state index in [2.05, 4.69) is 0 Å². The van der Waals surface area contributed by atoms with Gasteiger partial charge in [-0.15, -0.1) is 0 Å². The Hall–Kier alpha value is -3.21. The van der Waals surface area contributed by atoms with E-state index in [0.29, 0.717) is 39.0 Å². The van der Waals surface area contributed by atoms with Gasteiger partial charge in [0.25, 0.3) is 0 Å². The summed E-state index contributed by atoms with van der Waals surface area (Å²) in [6.45, 7) is 0. The quantitative estimate of drug-likeness (QED) is 0.607. The molecule has 0 aliphatic heterocycles. The van der Waals surface area contributed by atoms with Crippen LogP contribution in [0.3, 0.4) is 0 Å². The summed E-state index contributed by atoms with van der Waals surface area (Å²) in [5.41, 5.74) is 1.51. The standard InChI is InChI=1S/C18H12O5/c1-21-16-8-13-14(20)9-15(10-2-4-11(19)5-3-10)23-17(13)12-6-7-22-18(12)16/h2-9,19H,1H3. The fraction of sp³-hybridized carbons (Fsp3) is 0.0556. The Morgan fingerprint density at radius 1 is 1.00 bits per heavy atom. The molecule has 0 saturated carbocycles. The third-order valence-electron chi connectivity index (χ3n) is 3.77. The van der Waals surface area contributed by atoms with E-state index in [1.165, 1.54) is 19.4 Å². The van der Waals surface area contributed by atoms with Gasteiger partial charge in [-0.1, -0.05) is 0 Å². The van der Waals surface area contributed by atoms with Crippen LogP contribution in [-0.4, -0.2) is 12.2 Å². The largest absolute Gasteiger partial charge is 0.508 e. The third kappa shape index (κ3) is 2.05. The number of hydrogen-bond acceptors (Lipinski definition) is 5. The smallest absolute Gasteiger partial charge is 0.193 e. The third-order valence-corrected chi connectivity index (χ3v) is 3.77. The molecule has 0 saturated heterocycles. The van der Waals surface area contributed by atoms with Gasteiger partial charge in [-0.2, -0.15) is 0 Å². The predicted molar refractivity (Wildman–Crippen MR) is 85.9 cm³/mol. The van der Waals surface area contributed by atoms with Gasteiger partial charge < -0.3 is 18.7 Å². The molecule has 0 fully saturated rings. The molecule has 23 heavy (non-hydrogen) atoms. The highest BCUT2D eigenvalue weighted by Gasteiger charge is 2.15. The summed E-state index contributed by atoms with van der Waals surface area (Å²) in [4.78, 5) is 12.5. The highest BCUT2D eigenvalue weighted by molar-refractivity contribution is 6.05. The maximum Gasteiger partial charge on any atom is 0.193 e. The van der Waals surface area contributed by atoms with Crippen molar-refractivity contribution in [3.8, 4) is 22.8 Å². The first-order valence-electron chi connectivity index (χ1n) is 6.99. The Bertz CT molecular complexity index is 1070. The molecule has 5 nitrogen and oxygen atoms in total. The van der Waals surface area contributed by atoms with E-state index in [1.54, 1.807) is 36.4 Å². The topological polar surface area (TPSA) is 72.8 Å². The van der Waals surface area contributed by atoms with Crippen molar-refractivity contribution in [3.63, 3.8) is 0 Å². The van der Waals surface area contributed by atoms with Crippen LogP contribution in [0.2, 0.25) is 0 Å². The van der Waals surface area contributed by atoms with Gasteiger partial charge in [0.05, 0.1) is 24.1 Å². The number of methoxy groups -OCH3 is 1. The molecule has 0 spiro atoms. The zero-order valence-corrected chi connectivity index (χ0v) is 12.2. The minimum absolute atomic E-state index is 0.152. The zero-order valence-electron chi connectivity index (χ0n) is 12.2. The van der Waals surface area contributed by atoms with Crippen LogP contribution in [-0.2, 0) is 0 Å². The molecule has 5 heteroatoms. The molecule has 0 atom stereocenters. The van der Waals surface area contributed by atoms with E-state index in [9.17, 15) is 9.90 Å². The maximum atomic E-state index is 12.5. The number of fused-ring (bicyclic) bond motifs is 3. The van der Waals surface area contributed by atoms with Gasteiger partial charge in [-0.3, -0.25) is 4.79 Å². The highest BCUT2D eigenvalue weighted by atomic mass is 16.5. The van der Waals surface area contributed by atoms with Crippen LogP contribution in [0.4, 0.5) is 0 Å². The number of benzene rings is 2. The number of rotatable bonds is 2. The normalized spacial score (nSPS) is 11.2. The minimum atomic E-state index is -0.171. The Kier molecular flexibility index (Phi) is 2.87. The van der Waals surface area contributed by atoms with E-state index in [0.717, 1.165) is 0 Å². The van der Waals surface area contributed by atoms with Crippen LogP contribution in [0.1, 0.15) is 0 Å². The van der Waals surface area contributed by atoms with Gasteiger partial charge in [0.1, 0.15) is 17.1 Å². The molecular formula is C18H12O5. The van der Waals surface area contributed by atoms with Crippen molar-refractivity contribution < 1.29 is 18.7 Å². The molecule has 114 valence electrons. The Labute approximate surface area is 130 Å². The van der Waals surface area contributed by atoms with Crippen molar-refractivity contribution in [3.05, 3.63) is 59.0 Å². The zero-order chi connectivity index (χ0) is 16.0. The second-order valence-corrected chi connectivity index (χ2v) is 5.14. The summed E-state index contributed by atoms with van der Waals surface area (Å²) < 4.78 is 16.6. The summed E-state index contributed by atoms with van der Waals surface area (Å²) in [6, 6.07) is 11.3. The Morgan fingerprint density at radius 3 is 2.52 bits per heavy atom. The van der Waals surface area contributed by atoms with Crippen molar-refractivity contribution >= 4 is 21.9 Å². The minimum Gasteiger partial charge on any atom is -0.508 e. The van der Waals surface area contributed by atoms with Crippen LogP contribution in [0, 0.1) is 0 Å². The van der Waals surface area contributed by atoms with Gasteiger partial charge >= 0.3 is 0 Å². The van der Waals surface area contributed by atoms with Crippen molar-refractivity contribution in [2.75, 3.05) is 7.11 Å². The van der Waals surface area contributed by atoms with Crippen LogP contribution >= 0.6 is 0 Å². The first-order valence-corrected chi connectivity index (χ1v) is 6.99. The van der Waals surface area contributed by atoms with Gasteiger partial charge in [0.15, 0.2) is 16.8 Å². The van der Waals surface area contributed by atoms with Crippen molar-refractivity contribution in [2.45, 2.75) is 0 Å². The SMILES string of the molecule is COc1cc2c(=O)cc(-c3ccc(O)cc3)oc2c2ccoc12. The number of phenols is 1. The molecule has 0 aliphatic carbocycles. The lowest BCUT2D eigenvalue weighted by Crippen LogP contribution is -2.01. The average Bonchev–Trinajstić information content (AvgIpc) is 3.05. The summed E-state index contributed by atoms with van der Waals surface area (Å²) >= 11 is 0. The van der Waals surface area contributed by atoms with Gasteiger partial charge in [0, 0.05) is 11.6 Å². The molecule has 2 heterocycles. The molecule has 1 N–H and O–H groups in total. The van der Waals surface area contributed by atoms with Crippen LogP contribution in [0.5, 0.6) is 11.5 Å². The number of furan rings is 1. The second-order valence-electron chi connectivity index (χ2n) is 5.14. The second kappa shape index (κ2) is 4.91. The van der Waals surface area contributed by atoms with E-state index in [4.69, 9.17) is 13.6 Å². The molecular weight excluding hydrogens is 296 g/mol.